The lowest BCUT2D eigenvalue weighted by atomic mass is 10.1. The van der Waals surface area contributed by atoms with E-state index in [1.165, 1.54) is 6.07 Å². The van der Waals surface area contributed by atoms with Crippen LogP contribution in [0.15, 0.2) is 18.2 Å². The highest BCUT2D eigenvalue weighted by Gasteiger charge is 2.33. The van der Waals surface area contributed by atoms with Crippen LogP contribution < -0.4 is 20.7 Å². The average Bonchev–Trinajstić information content (AvgIpc) is 3.08. The quantitative estimate of drug-likeness (QED) is 0.703. The second-order valence-electron chi connectivity index (χ2n) is 6.97. The number of carbonyl (C=O) groups excluding carboxylic acids is 2. The number of hydrogen-bond donors (Lipinski definition) is 3. The first-order valence-electron chi connectivity index (χ1n) is 9.05. The van der Waals surface area contributed by atoms with Crippen molar-refractivity contribution in [2.24, 2.45) is 0 Å². The summed E-state index contributed by atoms with van der Waals surface area (Å²) < 4.78 is 25.4. The summed E-state index contributed by atoms with van der Waals surface area (Å²) in [6.07, 6.45) is -0.0415. The summed E-state index contributed by atoms with van der Waals surface area (Å²) in [6.45, 7) is 6.41. The van der Waals surface area contributed by atoms with Crippen LogP contribution >= 0.6 is 0 Å². The SMILES string of the molecule is CC(C)N1C(=O)NC(N[C@@H](C)c2cc(O[C@@H]3CCOC3)ccc2F)NC1=O. The molecule has 8 nitrogen and oxygen atoms in total. The van der Waals surface area contributed by atoms with Gasteiger partial charge in [-0.3, -0.25) is 5.32 Å². The van der Waals surface area contributed by atoms with Gasteiger partial charge in [0.05, 0.1) is 13.2 Å². The fourth-order valence-electron chi connectivity index (χ4n) is 3.13. The molecule has 2 fully saturated rings. The monoisotopic (exact) mass is 380 g/mol. The van der Waals surface area contributed by atoms with Crippen LogP contribution in [0.25, 0.3) is 0 Å². The second-order valence-corrected chi connectivity index (χ2v) is 6.97. The van der Waals surface area contributed by atoms with Crippen LogP contribution in [0.5, 0.6) is 5.75 Å². The lowest BCUT2D eigenvalue weighted by molar-refractivity contribution is 0.141. The van der Waals surface area contributed by atoms with Crippen LogP contribution in [-0.2, 0) is 4.74 Å². The van der Waals surface area contributed by atoms with Crippen molar-refractivity contribution in [1.82, 2.24) is 20.9 Å². The average molecular weight is 380 g/mol. The van der Waals surface area contributed by atoms with Gasteiger partial charge < -0.3 is 20.1 Å². The molecule has 2 aliphatic rings. The van der Waals surface area contributed by atoms with E-state index >= 15 is 0 Å². The van der Waals surface area contributed by atoms with Crippen molar-refractivity contribution in [3.05, 3.63) is 29.6 Å². The summed E-state index contributed by atoms with van der Waals surface area (Å²) in [5, 5.41) is 8.30. The topological polar surface area (TPSA) is 91.9 Å². The zero-order valence-electron chi connectivity index (χ0n) is 15.6. The van der Waals surface area contributed by atoms with Crippen LogP contribution in [0.3, 0.4) is 0 Å². The van der Waals surface area contributed by atoms with E-state index < -0.39 is 30.2 Å². The Balaban J connectivity index is 1.66. The van der Waals surface area contributed by atoms with Gasteiger partial charge in [0.1, 0.15) is 17.7 Å². The third-order valence-corrected chi connectivity index (χ3v) is 4.53. The van der Waals surface area contributed by atoms with Gasteiger partial charge in [0.15, 0.2) is 6.29 Å². The van der Waals surface area contributed by atoms with Crippen LogP contribution in [0.2, 0.25) is 0 Å². The molecule has 2 saturated heterocycles. The Hall–Kier alpha value is -2.39. The zero-order chi connectivity index (χ0) is 19.6. The Morgan fingerprint density at radius 2 is 1.96 bits per heavy atom. The number of rotatable bonds is 6. The molecule has 148 valence electrons. The summed E-state index contributed by atoms with van der Waals surface area (Å²) >= 11 is 0. The van der Waals surface area contributed by atoms with E-state index in [1.54, 1.807) is 32.9 Å². The standard InChI is InChI=1S/C18H25FN4O4/c1-10(2)23-17(24)21-16(22-18(23)25)20-11(3)14-8-12(4-5-15(14)19)27-13-6-7-26-9-13/h4-5,8,10-11,13,16,20H,6-7,9H2,1-3H3,(H,21,24)(H,22,25)/t11-,13+/m0/s1. The van der Waals surface area contributed by atoms with Gasteiger partial charge in [-0.2, -0.15) is 0 Å². The highest BCUT2D eigenvalue weighted by atomic mass is 19.1. The van der Waals surface area contributed by atoms with Crippen molar-refractivity contribution in [1.29, 1.82) is 0 Å². The normalized spacial score (nSPS) is 22.0. The molecule has 9 heteroatoms. The molecule has 2 atom stereocenters. The van der Waals surface area contributed by atoms with E-state index in [0.29, 0.717) is 24.5 Å². The fourth-order valence-corrected chi connectivity index (χ4v) is 3.13. The Kier molecular flexibility index (Phi) is 5.81. The molecule has 27 heavy (non-hydrogen) atoms. The minimum atomic E-state index is -0.804. The largest absolute Gasteiger partial charge is 0.488 e. The molecule has 2 aliphatic heterocycles. The molecule has 4 amide bonds. The Morgan fingerprint density at radius 3 is 2.56 bits per heavy atom. The molecule has 1 aromatic rings. The maximum atomic E-state index is 14.3. The summed E-state index contributed by atoms with van der Waals surface area (Å²) in [6, 6.07) is 2.79. The van der Waals surface area contributed by atoms with E-state index in [0.717, 1.165) is 11.3 Å². The van der Waals surface area contributed by atoms with Gasteiger partial charge in [-0.15, -0.1) is 0 Å². The third kappa shape index (κ3) is 4.48. The molecule has 0 aromatic heterocycles. The molecule has 3 N–H and O–H groups in total. The Labute approximate surface area is 157 Å². The molecule has 0 bridgehead atoms. The number of urea groups is 2. The second kappa shape index (κ2) is 8.10. The van der Waals surface area contributed by atoms with Crippen LogP contribution in [-0.4, -0.2) is 48.6 Å². The molecule has 0 aliphatic carbocycles. The van der Waals surface area contributed by atoms with Gasteiger partial charge in [-0.1, -0.05) is 0 Å². The maximum absolute atomic E-state index is 14.3. The highest BCUT2D eigenvalue weighted by molar-refractivity contribution is 5.96. The number of nitrogens with one attached hydrogen (secondary N) is 3. The van der Waals surface area contributed by atoms with Crippen molar-refractivity contribution >= 4 is 12.1 Å². The van der Waals surface area contributed by atoms with E-state index in [1.807, 2.05) is 0 Å². The van der Waals surface area contributed by atoms with Crippen LogP contribution in [0.1, 0.15) is 38.8 Å². The van der Waals surface area contributed by atoms with Gasteiger partial charge >= 0.3 is 12.1 Å². The zero-order valence-corrected chi connectivity index (χ0v) is 15.6. The number of amides is 4. The van der Waals surface area contributed by atoms with Crippen molar-refractivity contribution in [3.8, 4) is 5.75 Å². The Morgan fingerprint density at radius 1 is 1.26 bits per heavy atom. The van der Waals surface area contributed by atoms with E-state index in [9.17, 15) is 14.0 Å². The first-order chi connectivity index (χ1) is 12.8. The lowest BCUT2D eigenvalue weighted by Crippen LogP contribution is -2.69. The van der Waals surface area contributed by atoms with Gasteiger partial charge in [-0.05, 0) is 39.0 Å². The van der Waals surface area contributed by atoms with Crippen molar-refractivity contribution in [2.75, 3.05) is 13.2 Å². The molecule has 3 rings (SSSR count). The molecule has 2 heterocycles. The highest BCUT2D eigenvalue weighted by Crippen LogP contribution is 2.25. The number of hydrogen-bond acceptors (Lipinski definition) is 5. The maximum Gasteiger partial charge on any atom is 0.328 e. The molecule has 0 saturated carbocycles. The fraction of sp³-hybridized carbons (Fsp3) is 0.556. The molecular formula is C18H25FN4O4. The number of imide groups is 1. The lowest BCUT2D eigenvalue weighted by Gasteiger charge is -2.36. The van der Waals surface area contributed by atoms with Crippen LogP contribution in [0, 0.1) is 5.82 Å². The van der Waals surface area contributed by atoms with Crippen LogP contribution in [0.4, 0.5) is 14.0 Å². The number of nitrogens with zero attached hydrogens (tertiary/aromatic N) is 1. The van der Waals surface area contributed by atoms with Gasteiger partial charge in [0.2, 0.25) is 0 Å². The predicted octanol–water partition coefficient (Wildman–Crippen LogP) is 2.07. The minimum absolute atomic E-state index is 0.0366. The first kappa shape index (κ1) is 19.4. The number of halogens is 1. The molecule has 0 spiro atoms. The number of ether oxygens (including phenoxy) is 2. The number of benzene rings is 1. The summed E-state index contributed by atoms with van der Waals surface area (Å²) in [4.78, 5) is 25.3. The minimum Gasteiger partial charge on any atom is -0.488 e. The van der Waals surface area contributed by atoms with Gasteiger partial charge in [0, 0.05) is 24.1 Å². The third-order valence-electron chi connectivity index (χ3n) is 4.53. The molecular weight excluding hydrogens is 355 g/mol. The van der Waals surface area contributed by atoms with Crippen molar-refractivity contribution < 1.29 is 23.5 Å². The van der Waals surface area contributed by atoms with E-state index in [4.69, 9.17) is 9.47 Å². The summed E-state index contributed by atoms with van der Waals surface area (Å²) in [7, 11) is 0. The summed E-state index contributed by atoms with van der Waals surface area (Å²) in [5.74, 6) is 0.153. The first-order valence-corrected chi connectivity index (χ1v) is 9.05. The molecule has 0 unspecified atom stereocenters. The molecule has 0 radical (unpaired) electrons. The Bertz CT molecular complexity index is 691. The van der Waals surface area contributed by atoms with Crippen molar-refractivity contribution in [2.45, 2.75) is 51.7 Å². The van der Waals surface area contributed by atoms with E-state index in [2.05, 4.69) is 16.0 Å². The van der Waals surface area contributed by atoms with E-state index in [-0.39, 0.29) is 12.1 Å². The van der Waals surface area contributed by atoms with Gasteiger partial charge in [-0.25, -0.2) is 18.9 Å². The number of carbonyl (C=O) groups is 2. The van der Waals surface area contributed by atoms with Crippen molar-refractivity contribution in [3.63, 3.8) is 0 Å². The smallest absolute Gasteiger partial charge is 0.328 e. The summed E-state index contributed by atoms with van der Waals surface area (Å²) in [5.41, 5.74) is 0.376. The predicted molar refractivity (Wildman–Crippen MR) is 95.6 cm³/mol. The van der Waals surface area contributed by atoms with Gasteiger partial charge in [0.25, 0.3) is 0 Å². The molecule has 1 aromatic carbocycles.